The van der Waals surface area contributed by atoms with Crippen LogP contribution in [0.3, 0.4) is 0 Å². The number of hydrogen-bond acceptors (Lipinski definition) is 10. The number of carbonyl (C=O) groups excluding carboxylic acids is 5. The summed E-state index contributed by atoms with van der Waals surface area (Å²) in [5.74, 6) is -3.12. The Labute approximate surface area is 167 Å². The van der Waals surface area contributed by atoms with E-state index >= 15 is 0 Å². The van der Waals surface area contributed by atoms with Crippen molar-refractivity contribution < 1.29 is 47.7 Å². The van der Waals surface area contributed by atoms with Crippen LogP contribution in [0.1, 0.15) is 47.0 Å². The summed E-state index contributed by atoms with van der Waals surface area (Å²) >= 11 is 0. The first-order valence-electron chi connectivity index (χ1n) is 9.18. The van der Waals surface area contributed by atoms with Gasteiger partial charge in [-0.3, -0.25) is 24.0 Å². The topological polar surface area (TPSA) is 144 Å². The highest BCUT2D eigenvalue weighted by molar-refractivity contribution is 5.78. The molecule has 162 valence electrons. The molecule has 11 nitrogen and oxygen atoms in total. The van der Waals surface area contributed by atoms with Gasteiger partial charge in [0, 0.05) is 34.1 Å². The van der Waals surface area contributed by atoms with Gasteiger partial charge < -0.3 is 29.0 Å². The molecule has 0 unspecified atom stereocenters. The molecule has 0 bridgehead atoms. The zero-order valence-corrected chi connectivity index (χ0v) is 16.7. The summed E-state index contributed by atoms with van der Waals surface area (Å²) in [6.45, 7) is 4.27. The maximum Gasteiger partial charge on any atom is 0.303 e. The Hall–Kier alpha value is -2.69. The average Bonchev–Trinajstić information content (AvgIpc) is 2.58. The molecule has 2 heterocycles. The fourth-order valence-electron chi connectivity index (χ4n) is 3.55. The Morgan fingerprint density at radius 1 is 0.966 bits per heavy atom. The Bertz CT molecular complexity index is 692. The van der Waals surface area contributed by atoms with Crippen molar-refractivity contribution in [3.05, 3.63) is 0 Å². The van der Waals surface area contributed by atoms with E-state index < -0.39 is 54.0 Å². The molecule has 2 fully saturated rings. The van der Waals surface area contributed by atoms with Crippen molar-refractivity contribution in [2.75, 3.05) is 6.61 Å². The number of hydrogen-bond donors (Lipinski definition) is 1. The van der Waals surface area contributed by atoms with Crippen molar-refractivity contribution >= 4 is 29.8 Å². The summed E-state index contributed by atoms with van der Waals surface area (Å²) in [4.78, 5) is 58.6. The standard InChI is InChI=1S/C18H25NO10/c1-9(20)25-8-13-15(26-10(2)21)16(27-11(3)22)17(28-12(4)23)18(29-13)7-5-6-14(24)19-18/h13,15-17H,5-8H2,1-4H3,(H,19,24)/t13-,15+,16+,17-,18+/m1/s1. The number of carbonyl (C=O) groups is 5. The maximum atomic E-state index is 12.1. The second kappa shape index (κ2) is 9.21. The molecular formula is C18H25NO10. The number of piperidine rings is 1. The Morgan fingerprint density at radius 2 is 1.55 bits per heavy atom. The first kappa shape index (κ1) is 22.6. The molecule has 0 radical (unpaired) electrons. The molecule has 1 spiro atoms. The van der Waals surface area contributed by atoms with Crippen LogP contribution in [-0.4, -0.2) is 66.5 Å². The van der Waals surface area contributed by atoms with Gasteiger partial charge in [-0.2, -0.15) is 0 Å². The minimum atomic E-state index is -1.54. The average molecular weight is 415 g/mol. The molecule has 2 rings (SSSR count). The molecular weight excluding hydrogens is 390 g/mol. The van der Waals surface area contributed by atoms with Crippen LogP contribution in [0.5, 0.6) is 0 Å². The zero-order valence-electron chi connectivity index (χ0n) is 16.7. The first-order chi connectivity index (χ1) is 13.5. The number of amides is 1. The van der Waals surface area contributed by atoms with E-state index in [2.05, 4.69) is 5.32 Å². The number of rotatable bonds is 5. The Morgan fingerprint density at radius 3 is 2.07 bits per heavy atom. The van der Waals surface area contributed by atoms with E-state index in [1.807, 2.05) is 0 Å². The second-order valence-electron chi connectivity index (χ2n) is 6.93. The minimum absolute atomic E-state index is 0.234. The fourth-order valence-corrected chi connectivity index (χ4v) is 3.55. The predicted molar refractivity (Wildman–Crippen MR) is 92.9 cm³/mol. The maximum absolute atomic E-state index is 12.1. The van der Waals surface area contributed by atoms with Gasteiger partial charge in [0.2, 0.25) is 5.91 Å². The zero-order chi connectivity index (χ0) is 21.8. The molecule has 0 aliphatic carbocycles. The van der Waals surface area contributed by atoms with Crippen LogP contribution in [-0.2, 0) is 47.7 Å². The van der Waals surface area contributed by atoms with Crippen LogP contribution in [0.2, 0.25) is 0 Å². The van der Waals surface area contributed by atoms with E-state index in [1.165, 1.54) is 6.92 Å². The lowest BCUT2D eigenvalue weighted by Gasteiger charge is -2.52. The lowest BCUT2D eigenvalue weighted by molar-refractivity contribution is -0.297. The van der Waals surface area contributed by atoms with Crippen molar-refractivity contribution in [3.8, 4) is 0 Å². The van der Waals surface area contributed by atoms with E-state index in [1.54, 1.807) is 0 Å². The van der Waals surface area contributed by atoms with Gasteiger partial charge in [0.05, 0.1) is 0 Å². The third-order valence-corrected chi connectivity index (χ3v) is 4.46. The van der Waals surface area contributed by atoms with Gasteiger partial charge in [0.25, 0.3) is 0 Å². The van der Waals surface area contributed by atoms with Gasteiger partial charge in [0.15, 0.2) is 24.0 Å². The van der Waals surface area contributed by atoms with Crippen LogP contribution in [0.15, 0.2) is 0 Å². The van der Waals surface area contributed by atoms with E-state index in [0.29, 0.717) is 6.42 Å². The summed E-state index contributed by atoms with van der Waals surface area (Å²) in [6, 6.07) is 0. The lowest BCUT2D eigenvalue weighted by atomic mass is 9.84. The molecule has 1 N–H and O–H groups in total. The molecule has 5 atom stereocenters. The van der Waals surface area contributed by atoms with Gasteiger partial charge in [-0.05, 0) is 12.8 Å². The molecule has 2 saturated heterocycles. The highest BCUT2D eigenvalue weighted by atomic mass is 16.7. The van der Waals surface area contributed by atoms with Crippen LogP contribution in [0.4, 0.5) is 0 Å². The molecule has 0 saturated carbocycles. The molecule has 1 amide bonds. The van der Waals surface area contributed by atoms with Crippen molar-refractivity contribution in [3.63, 3.8) is 0 Å². The van der Waals surface area contributed by atoms with E-state index in [4.69, 9.17) is 23.7 Å². The van der Waals surface area contributed by atoms with Crippen molar-refractivity contribution in [1.82, 2.24) is 5.32 Å². The van der Waals surface area contributed by atoms with Crippen LogP contribution in [0, 0.1) is 0 Å². The number of nitrogens with one attached hydrogen (secondary N) is 1. The summed E-state index contributed by atoms with van der Waals surface area (Å²) in [5.41, 5.74) is -1.54. The van der Waals surface area contributed by atoms with Crippen LogP contribution < -0.4 is 5.32 Å². The van der Waals surface area contributed by atoms with Gasteiger partial charge >= 0.3 is 23.9 Å². The molecule has 0 aromatic heterocycles. The fraction of sp³-hybridized carbons (Fsp3) is 0.722. The van der Waals surface area contributed by atoms with Crippen molar-refractivity contribution in [1.29, 1.82) is 0 Å². The largest absolute Gasteiger partial charge is 0.463 e. The minimum Gasteiger partial charge on any atom is -0.463 e. The van der Waals surface area contributed by atoms with Gasteiger partial charge in [-0.15, -0.1) is 0 Å². The number of esters is 4. The molecule has 29 heavy (non-hydrogen) atoms. The Kier molecular flexibility index (Phi) is 7.17. The second-order valence-corrected chi connectivity index (χ2v) is 6.93. The lowest BCUT2D eigenvalue weighted by Crippen LogP contribution is -2.74. The monoisotopic (exact) mass is 415 g/mol. The van der Waals surface area contributed by atoms with Crippen molar-refractivity contribution in [2.24, 2.45) is 0 Å². The van der Waals surface area contributed by atoms with Gasteiger partial charge in [-0.1, -0.05) is 0 Å². The van der Waals surface area contributed by atoms with Gasteiger partial charge in [-0.25, -0.2) is 0 Å². The Balaban J connectivity index is 2.51. The van der Waals surface area contributed by atoms with Gasteiger partial charge in [0.1, 0.15) is 12.7 Å². The molecule has 2 aliphatic heterocycles. The SMILES string of the molecule is CC(=O)OC[C@H]1O[C@@]2(CCCC(=O)N2)[C@H](OC(C)=O)[C@@H](OC(C)=O)[C@H]1OC(C)=O. The molecule has 0 aromatic rings. The van der Waals surface area contributed by atoms with E-state index in [-0.39, 0.29) is 25.4 Å². The van der Waals surface area contributed by atoms with E-state index in [0.717, 1.165) is 20.8 Å². The summed E-state index contributed by atoms with van der Waals surface area (Å²) < 4.78 is 27.0. The summed E-state index contributed by atoms with van der Waals surface area (Å²) in [7, 11) is 0. The van der Waals surface area contributed by atoms with Crippen molar-refractivity contribution in [2.45, 2.75) is 77.1 Å². The highest BCUT2D eigenvalue weighted by Gasteiger charge is 2.61. The predicted octanol–water partition coefficient (Wildman–Crippen LogP) is -0.260. The van der Waals surface area contributed by atoms with Crippen LogP contribution in [0.25, 0.3) is 0 Å². The normalized spacial score (nSPS) is 31.4. The van der Waals surface area contributed by atoms with Crippen LogP contribution >= 0.6 is 0 Å². The summed E-state index contributed by atoms with van der Waals surface area (Å²) in [6.07, 6.45) is -4.04. The van der Waals surface area contributed by atoms with E-state index in [9.17, 15) is 24.0 Å². The highest BCUT2D eigenvalue weighted by Crippen LogP contribution is 2.39. The number of ether oxygens (including phenoxy) is 5. The molecule has 0 aromatic carbocycles. The third kappa shape index (κ3) is 5.66. The quantitative estimate of drug-likeness (QED) is 0.471. The molecule has 11 heteroatoms. The summed E-state index contributed by atoms with van der Waals surface area (Å²) in [5, 5.41) is 2.67. The first-order valence-corrected chi connectivity index (χ1v) is 9.18. The third-order valence-electron chi connectivity index (χ3n) is 4.46. The molecule has 2 aliphatic rings. The smallest absolute Gasteiger partial charge is 0.303 e.